The second-order valence-corrected chi connectivity index (χ2v) is 8.28. The first kappa shape index (κ1) is 23.9. The van der Waals surface area contributed by atoms with Crippen molar-refractivity contribution in [2.45, 2.75) is 19.0 Å². The summed E-state index contributed by atoms with van der Waals surface area (Å²) in [5.74, 6) is -0.440. The monoisotopic (exact) mass is 452 g/mol. The summed E-state index contributed by atoms with van der Waals surface area (Å²) in [6, 6.07) is 5.27. The predicted molar refractivity (Wildman–Crippen MR) is 111 cm³/mol. The molecule has 0 aliphatic carbocycles. The second-order valence-electron chi connectivity index (χ2n) is 8.28. The van der Waals surface area contributed by atoms with Crippen LogP contribution < -0.4 is 10.2 Å². The molecule has 1 N–H and O–H groups in total. The number of benzene rings is 1. The van der Waals surface area contributed by atoms with Gasteiger partial charge < -0.3 is 19.9 Å². The van der Waals surface area contributed by atoms with Crippen LogP contribution in [-0.4, -0.2) is 63.7 Å². The number of alkyl halides is 3. The number of ether oxygens (including phenoxy) is 1. The summed E-state index contributed by atoms with van der Waals surface area (Å²) in [6.45, 7) is 1.91. The summed E-state index contributed by atoms with van der Waals surface area (Å²) >= 11 is 0. The highest BCUT2D eigenvalue weighted by molar-refractivity contribution is 5.80. The maximum atomic E-state index is 13.4. The lowest BCUT2D eigenvalue weighted by molar-refractivity contribution is -0.138. The van der Waals surface area contributed by atoms with Crippen molar-refractivity contribution >= 4 is 17.5 Å². The zero-order chi connectivity index (χ0) is 23.5. The minimum atomic E-state index is -4.64. The van der Waals surface area contributed by atoms with Gasteiger partial charge in [0, 0.05) is 46.0 Å². The van der Waals surface area contributed by atoms with E-state index in [1.165, 1.54) is 19.2 Å². The molecule has 1 aromatic rings. The Bertz CT molecular complexity index is 891. The number of likely N-dealkylation sites (tertiary alicyclic amines) is 1. The Kier molecular flexibility index (Phi) is 7.29. The van der Waals surface area contributed by atoms with Crippen LogP contribution in [0, 0.1) is 29.1 Å². The Hall–Kier alpha value is -2.80. The molecule has 0 unspecified atom stereocenters. The number of nitrogens with one attached hydrogen (secondary N) is 1. The van der Waals surface area contributed by atoms with Crippen LogP contribution in [0.5, 0.6) is 0 Å². The second kappa shape index (κ2) is 9.77. The average Bonchev–Trinajstić information content (AvgIpc) is 3.23. The number of nitrogens with zero attached hydrogens (tertiary/aromatic N) is 3. The summed E-state index contributed by atoms with van der Waals surface area (Å²) < 4.78 is 45.1. The van der Waals surface area contributed by atoms with Crippen LogP contribution in [0.4, 0.5) is 18.9 Å². The lowest BCUT2D eigenvalue weighted by Crippen LogP contribution is -2.44. The van der Waals surface area contributed by atoms with E-state index < -0.39 is 17.3 Å². The molecule has 1 aromatic carbocycles. The number of carbonyl (C=O) groups is 2. The number of carbonyl (C=O) groups excluding carboxylic acids is 2. The number of hydrogen-bond acceptors (Lipinski definition) is 5. The van der Waals surface area contributed by atoms with Gasteiger partial charge in [-0.15, -0.1) is 0 Å². The number of hydrogen-bond donors (Lipinski definition) is 1. The summed E-state index contributed by atoms with van der Waals surface area (Å²) in [5, 5.41) is 11.7. The van der Waals surface area contributed by atoms with Gasteiger partial charge in [-0.1, -0.05) is 0 Å². The standard InChI is InChI=1S/C22H27F3N4O3/c1-27-21(31)18-12-29(16-4-3-15(10-26)19(9-16)22(23,24)25)11-17(18)14-5-7-28(8-6-14)20(30)13-32-2/h3-4,9,14,17-18H,5-8,11-13H2,1-2H3,(H,27,31)/t17-,18+/m0/s1. The maximum absolute atomic E-state index is 13.4. The summed E-state index contributed by atoms with van der Waals surface area (Å²) in [7, 11) is 3.02. The third-order valence-corrected chi connectivity index (χ3v) is 6.51. The topological polar surface area (TPSA) is 85.7 Å². The largest absolute Gasteiger partial charge is 0.417 e. The smallest absolute Gasteiger partial charge is 0.375 e. The van der Waals surface area contributed by atoms with Crippen molar-refractivity contribution in [1.29, 1.82) is 5.26 Å². The molecule has 10 heteroatoms. The van der Waals surface area contributed by atoms with Crippen LogP contribution in [0.15, 0.2) is 18.2 Å². The molecule has 2 saturated heterocycles. The molecule has 2 aliphatic rings. The van der Waals surface area contributed by atoms with Crippen molar-refractivity contribution in [3.05, 3.63) is 29.3 Å². The fraction of sp³-hybridized carbons (Fsp3) is 0.591. The van der Waals surface area contributed by atoms with Crippen molar-refractivity contribution in [3.8, 4) is 6.07 Å². The van der Waals surface area contributed by atoms with Gasteiger partial charge in [0.1, 0.15) is 6.61 Å². The quantitative estimate of drug-likeness (QED) is 0.741. The number of halogens is 3. The van der Waals surface area contributed by atoms with Crippen LogP contribution in [0.3, 0.4) is 0 Å². The van der Waals surface area contributed by atoms with Crippen molar-refractivity contribution in [2.75, 3.05) is 51.8 Å². The third-order valence-electron chi connectivity index (χ3n) is 6.51. The molecule has 0 saturated carbocycles. The molecule has 174 valence electrons. The molecule has 32 heavy (non-hydrogen) atoms. The highest BCUT2D eigenvalue weighted by Gasteiger charge is 2.43. The van der Waals surface area contributed by atoms with Crippen molar-refractivity contribution in [3.63, 3.8) is 0 Å². The Labute approximate surface area is 185 Å². The average molecular weight is 452 g/mol. The molecule has 2 fully saturated rings. The highest BCUT2D eigenvalue weighted by atomic mass is 19.4. The third kappa shape index (κ3) is 4.99. The van der Waals surface area contributed by atoms with E-state index in [0.717, 1.165) is 18.9 Å². The number of piperidine rings is 1. The summed E-state index contributed by atoms with van der Waals surface area (Å²) in [5.41, 5.74) is -1.05. The molecule has 3 rings (SSSR count). The van der Waals surface area contributed by atoms with Gasteiger partial charge in [0.25, 0.3) is 0 Å². The van der Waals surface area contributed by atoms with Crippen LogP contribution in [0.2, 0.25) is 0 Å². The van der Waals surface area contributed by atoms with E-state index in [2.05, 4.69) is 5.32 Å². The lowest BCUT2D eigenvalue weighted by Gasteiger charge is -2.36. The normalized spacial score (nSPS) is 22.0. The van der Waals surface area contributed by atoms with Gasteiger partial charge in [0.05, 0.1) is 23.1 Å². The molecule has 0 spiro atoms. The number of rotatable bonds is 5. The van der Waals surface area contributed by atoms with Gasteiger partial charge in [-0.05, 0) is 42.9 Å². The fourth-order valence-corrected chi connectivity index (χ4v) is 4.83. The first-order chi connectivity index (χ1) is 15.2. The fourth-order valence-electron chi connectivity index (χ4n) is 4.83. The van der Waals surface area contributed by atoms with E-state index in [4.69, 9.17) is 10.00 Å². The Balaban J connectivity index is 1.79. The van der Waals surface area contributed by atoms with Gasteiger partial charge in [-0.25, -0.2) is 0 Å². The molecule has 2 heterocycles. The van der Waals surface area contributed by atoms with E-state index in [-0.39, 0.29) is 36.2 Å². The first-order valence-electron chi connectivity index (χ1n) is 10.5. The summed E-state index contributed by atoms with van der Waals surface area (Å²) in [4.78, 5) is 28.2. The number of anilines is 1. The molecule has 0 bridgehead atoms. The van der Waals surface area contributed by atoms with Crippen LogP contribution in [-0.2, 0) is 20.5 Å². The van der Waals surface area contributed by atoms with Gasteiger partial charge in [0.2, 0.25) is 11.8 Å². The molecule has 0 aromatic heterocycles. The van der Waals surface area contributed by atoms with Gasteiger partial charge in [-0.3, -0.25) is 9.59 Å². The zero-order valence-corrected chi connectivity index (χ0v) is 18.1. The Morgan fingerprint density at radius 2 is 1.94 bits per heavy atom. The Morgan fingerprint density at radius 3 is 2.50 bits per heavy atom. The van der Waals surface area contributed by atoms with E-state index in [9.17, 15) is 22.8 Å². The highest BCUT2D eigenvalue weighted by Crippen LogP contribution is 2.40. The SMILES string of the molecule is CNC(=O)[C@@H]1CN(c2ccc(C#N)c(C(F)(F)F)c2)C[C@H]1C1CCN(C(=O)COC)CC1. The van der Waals surface area contributed by atoms with E-state index >= 15 is 0 Å². The zero-order valence-electron chi connectivity index (χ0n) is 18.1. The molecule has 2 amide bonds. The van der Waals surface area contributed by atoms with Gasteiger partial charge in [0.15, 0.2) is 0 Å². The van der Waals surface area contributed by atoms with Crippen molar-refractivity contribution in [1.82, 2.24) is 10.2 Å². The van der Waals surface area contributed by atoms with E-state index in [1.54, 1.807) is 22.9 Å². The van der Waals surface area contributed by atoms with Crippen molar-refractivity contribution in [2.24, 2.45) is 17.8 Å². The number of amides is 2. The van der Waals surface area contributed by atoms with Crippen LogP contribution in [0.25, 0.3) is 0 Å². The minimum absolute atomic E-state index is 0.0307. The number of methoxy groups -OCH3 is 1. The molecule has 2 atom stereocenters. The molecular weight excluding hydrogens is 425 g/mol. The summed E-state index contributed by atoms with van der Waals surface area (Å²) in [6.07, 6.45) is -3.19. The molecular formula is C22H27F3N4O3. The van der Waals surface area contributed by atoms with Gasteiger partial charge in [-0.2, -0.15) is 18.4 Å². The lowest BCUT2D eigenvalue weighted by atomic mass is 9.78. The van der Waals surface area contributed by atoms with Crippen LogP contribution >= 0.6 is 0 Å². The van der Waals surface area contributed by atoms with E-state index in [0.29, 0.717) is 31.9 Å². The predicted octanol–water partition coefficient (Wildman–Crippen LogP) is 2.26. The van der Waals surface area contributed by atoms with Gasteiger partial charge >= 0.3 is 6.18 Å². The first-order valence-corrected chi connectivity index (χ1v) is 10.5. The molecule has 7 nitrogen and oxygen atoms in total. The van der Waals surface area contributed by atoms with Crippen molar-refractivity contribution < 1.29 is 27.5 Å². The maximum Gasteiger partial charge on any atom is 0.417 e. The Morgan fingerprint density at radius 1 is 1.25 bits per heavy atom. The van der Waals surface area contributed by atoms with Crippen LogP contribution in [0.1, 0.15) is 24.0 Å². The molecule has 0 radical (unpaired) electrons. The minimum Gasteiger partial charge on any atom is -0.375 e. The number of nitriles is 1. The van der Waals surface area contributed by atoms with E-state index in [1.807, 2.05) is 0 Å². The molecule has 2 aliphatic heterocycles.